The van der Waals surface area contributed by atoms with E-state index in [1.807, 2.05) is 48.5 Å². The quantitative estimate of drug-likeness (QED) is 0.627. The minimum atomic E-state index is -0.146. The molecule has 7 nitrogen and oxygen atoms in total. The first-order valence-corrected chi connectivity index (χ1v) is 10.3. The van der Waals surface area contributed by atoms with Crippen molar-refractivity contribution in [1.82, 2.24) is 15.4 Å². The molecule has 1 aliphatic heterocycles. The third kappa shape index (κ3) is 4.72. The van der Waals surface area contributed by atoms with Crippen molar-refractivity contribution in [3.8, 4) is 22.8 Å². The Bertz CT molecular complexity index is 1030. The van der Waals surface area contributed by atoms with Gasteiger partial charge in [0.15, 0.2) is 5.76 Å². The van der Waals surface area contributed by atoms with E-state index in [1.54, 1.807) is 21.1 Å². The van der Waals surface area contributed by atoms with Gasteiger partial charge in [-0.25, -0.2) is 0 Å². The molecule has 4 rings (SSSR count). The summed E-state index contributed by atoms with van der Waals surface area (Å²) in [6, 6.07) is 15.5. The average Bonchev–Trinajstić information content (AvgIpc) is 3.39. The van der Waals surface area contributed by atoms with Gasteiger partial charge in [0.1, 0.15) is 17.1 Å². The third-order valence-corrected chi connectivity index (χ3v) is 5.55. The number of aromatic nitrogens is 1. The van der Waals surface area contributed by atoms with Crippen molar-refractivity contribution in [3.05, 3.63) is 65.4 Å². The second-order valence-corrected chi connectivity index (χ2v) is 7.75. The third-order valence-electron chi connectivity index (χ3n) is 5.55. The molecule has 1 aliphatic rings. The summed E-state index contributed by atoms with van der Waals surface area (Å²) in [4.78, 5) is 15.4. The molecule has 2 heterocycles. The topological polar surface area (TPSA) is 76.8 Å². The molecule has 1 atom stereocenters. The lowest BCUT2D eigenvalue weighted by Crippen LogP contribution is -2.37. The van der Waals surface area contributed by atoms with Gasteiger partial charge in [-0.2, -0.15) is 0 Å². The summed E-state index contributed by atoms with van der Waals surface area (Å²) in [5, 5.41) is 7.19. The van der Waals surface area contributed by atoms with Crippen molar-refractivity contribution in [1.29, 1.82) is 0 Å². The standard InChI is InChI=1S/C24H27N3O4/c1-16-22(23(31-26-16)18-7-5-4-6-8-18)24(28)25-19-9-10-27(15-19)14-17-11-20(29-2)13-21(12-17)30-3/h4-8,11-13,19H,9-10,14-15H2,1-3H3,(H,25,28). The highest BCUT2D eigenvalue weighted by molar-refractivity contribution is 6.00. The van der Waals surface area contributed by atoms with Gasteiger partial charge in [-0.15, -0.1) is 0 Å². The molecule has 1 aromatic heterocycles. The fourth-order valence-corrected chi connectivity index (χ4v) is 3.99. The van der Waals surface area contributed by atoms with E-state index in [2.05, 4.69) is 15.4 Å². The highest BCUT2D eigenvalue weighted by Gasteiger charge is 2.28. The molecule has 7 heteroatoms. The van der Waals surface area contributed by atoms with E-state index < -0.39 is 0 Å². The maximum absolute atomic E-state index is 13.0. The van der Waals surface area contributed by atoms with Gasteiger partial charge < -0.3 is 19.3 Å². The number of nitrogens with zero attached hydrogens (tertiary/aromatic N) is 2. The number of methoxy groups -OCH3 is 2. The monoisotopic (exact) mass is 421 g/mol. The molecule has 31 heavy (non-hydrogen) atoms. The molecule has 1 fully saturated rings. The molecular weight excluding hydrogens is 394 g/mol. The Balaban J connectivity index is 1.41. The smallest absolute Gasteiger partial charge is 0.257 e. The number of amides is 1. The number of ether oxygens (including phenoxy) is 2. The highest BCUT2D eigenvalue weighted by atomic mass is 16.5. The van der Waals surface area contributed by atoms with Crippen molar-refractivity contribution in [3.63, 3.8) is 0 Å². The van der Waals surface area contributed by atoms with E-state index in [0.717, 1.165) is 48.7 Å². The Labute approximate surface area is 181 Å². The molecule has 0 saturated carbocycles. The molecule has 1 saturated heterocycles. The summed E-state index contributed by atoms with van der Waals surface area (Å²) in [7, 11) is 3.30. The summed E-state index contributed by atoms with van der Waals surface area (Å²) < 4.78 is 16.2. The van der Waals surface area contributed by atoms with Gasteiger partial charge in [-0.3, -0.25) is 9.69 Å². The predicted molar refractivity (Wildman–Crippen MR) is 117 cm³/mol. The molecule has 162 valence electrons. The molecule has 3 aromatic rings. The van der Waals surface area contributed by atoms with Crippen LogP contribution in [0.25, 0.3) is 11.3 Å². The number of hydrogen-bond acceptors (Lipinski definition) is 6. The van der Waals surface area contributed by atoms with Crippen LogP contribution < -0.4 is 14.8 Å². The number of rotatable bonds is 7. The van der Waals surface area contributed by atoms with Crippen LogP contribution in [0.5, 0.6) is 11.5 Å². The van der Waals surface area contributed by atoms with Crippen LogP contribution >= 0.6 is 0 Å². The van der Waals surface area contributed by atoms with Gasteiger partial charge in [-0.1, -0.05) is 35.5 Å². The Hall–Kier alpha value is -3.32. The van der Waals surface area contributed by atoms with Crippen molar-refractivity contribution in [2.45, 2.75) is 25.9 Å². The van der Waals surface area contributed by atoms with Gasteiger partial charge in [0, 0.05) is 37.3 Å². The second-order valence-electron chi connectivity index (χ2n) is 7.75. The Morgan fingerprint density at radius 2 is 1.87 bits per heavy atom. The average molecular weight is 421 g/mol. The summed E-state index contributed by atoms with van der Waals surface area (Å²) in [5.41, 5.74) is 3.05. The summed E-state index contributed by atoms with van der Waals surface area (Å²) >= 11 is 0. The lowest BCUT2D eigenvalue weighted by molar-refractivity contribution is 0.0937. The van der Waals surface area contributed by atoms with Crippen molar-refractivity contribution in [2.75, 3.05) is 27.3 Å². The van der Waals surface area contributed by atoms with Crippen LogP contribution in [0.1, 0.15) is 28.0 Å². The molecule has 0 aliphatic carbocycles. The van der Waals surface area contributed by atoms with Crippen molar-refractivity contribution >= 4 is 5.91 Å². The van der Waals surface area contributed by atoms with Crippen LogP contribution in [-0.2, 0) is 6.54 Å². The molecule has 0 spiro atoms. The van der Waals surface area contributed by atoms with E-state index >= 15 is 0 Å². The molecule has 2 aromatic carbocycles. The fourth-order valence-electron chi connectivity index (χ4n) is 3.99. The highest BCUT2D eigenvalue weighted by Crippen LogP contribution is 2.27. The SMILES string of the molecule is COc1cc(CN2CCC(NC(=O)c3c(C)noc3-c3ccccc3)C2)cc(OC)c1. The van der Waals surface area contributed by atoms with Gasteiger partial charge >= 0.3 is 0 Å². The second kappa shape index (κ2) is 9.22. The van der Waals surface area contributed by atoms with Gasteiger partial charge in [-0.05, 0) is 31.0 Å². The van der Waals surface area contributed by atoms with E-state index in [1.165, 1.54) is 0 Å². The number of carbonyl (C=O) groups is 1. The largest absolute Gasteiger partial charge is 0.497 e. The summed E-state index contributed by atoms with van der Waals surface area (Å²) in [5.74, 6) is 1.91. The number of likely N-dealkylation sites (tertiary alicyclic amines) is 1. The zero-order chi connectivity index (χ0) is 21.8. The van der Waals surface area contributed by atoms with Crippen molar-refractivity contribution < 1.29 is 18.8 Å². The van der Waals surface area contributed by atoms with Crippen LogP contribution in [0.3, 0.4) is 0 Å². The first-order valence-electron chi connectivity index (χ1n) is 10.3. The first kappa shape index (κ1) is 20.9. The Morgan fingerprint density at radius 1 is 1.16 bits per heavy atom. The number of carbonyl (C=O) groups excluding carboxylic acids is 1. The summed E-state index contributed by atoms with van der Waals surface area (Å²) in [6.07, 6.45) is 0.887. The van der Waals surface area contributed by atoms with Crippen LogP contribution in [0.4, 0.5) is 0 Å². The van der Waals surface area contributed by atoms with Gasteiger partial charge in [0.25, 0.3) is 5.91 Å². The number of aryl methyl sites for hydroxylation is 1. The minimum absolute atomic E-state index is 0.0675. The lowest BCUT2D eigenvalue weighted by atomic mass is 10.1. The van der Waals surface area contributed by atoms with Crippen molar-refractivity contribution in [2.24, 2.45) is 0 Å². The minimum Gasteiger partial charge on any atom is -0.497 e. The molecule has 1 N–H and O–H groups in total. The molecule has 0 bridgehead atoms. The van der Waals surface area contributed by atoms with Gasteiger partial charge in [0.05, 0.1) is 19.9 Å². The molecular formula is C24H27N3O4. The molecule has 1 amide bonds. The summed E-state index contributed by atoms with van der Waals surface area (Å²) in [6.45, 7) is 4.23. The van der Waals surface area contributed by atoms with Crippen LogP contribution in [0.15, 0.2) is 53.1 Å². The Kier molecular flexibility index (Phi) is 6.23. The zero-order valence-electron chi connectivity index (χ0n) is 18.1. The van der Waals surface area contributed by atoms with Crippen LogP contribution in [-0.4, -0.2) is 49.3 Å². The molecule has 1 unspecified atom stereocenters. The fraction of sp³-hybridized carbons (Fsp3) is 0.333. The maximum atomic E-state index is 13.0. The first-order chi connectivity index (χ1) is 15.1. The van der Waals surface area contributed by atoms with E-state index in [-0.39, 0.29) is 11.9 Å². The van der Waals surface area contributed by atoms with Gasteiger partial charge in [0.2, 0.25) is 0 Å². The molecule has 0 radical (unpaired) electrons. The maximum Gasteiger partial charge on any atom is 0.257 e. The lowest BCUT2D eigenvalue weighted by Gasteiger charge is -2.18. The van der Waals surface area contributed by atoms with Crippen LogP contribution in [0, 0.1) is 6.92 Å². The number of hydrogen-bond donors (Lipinski definition) is 1. The number of nitrogens with one attached hydrogen (secondary N) is 1. The predicted octanol–water partition coefficient (Wildman–Crippen LogP) is 3.67. The van der Waals surface area contributed by atoms with Crippen LogP contribution in [0.2, 0.25) is 0 Å². The number of benzene rings is 2. The van der Waals surface area contributed by atoms with E-state index in [0.29, 0.717) is 17.0 Å². The van der Waals surface area contributed by atoms with E-state index in [4.69, 9.17) is 14.0 Å². The zero-order valence-corrected chi connectivity index (χ0v) is 18.1. The normalized spacial score (nSPS) is 16.3. The van der Waals surface area contributed by atoms with E-state index in [9.17, 15) is 4.79 Å². The Morgan fingerprint density at radius 3 is 2.55 bits per heavy atom.